The van der Waals surface area contributed by atoms with Crippen LogP contribution in [-0.2, 0) is 0 Å². The van der Waals surface area contributed by atoms with Crippen molar-refractivity contribution in [2.24, 2.45) is 0 Å². The van der Waals surface area contributed by atoms with Crippen LogP contribution in [0.5, 0.6) is 5.75 Å². The minimum atomic E-state index is -0.793. The molecule has 3 heteroatoms. The molecule has 1 N–H and O–H groups in total. The maximum atomic E-state index is 10.3. The van der Waals surface area contributed by atoms with E-state index in [2.05, 4.69) is 0 Å². The van der Waals surface area contributed by atoms with Gasteiger partial charge in [0.2, 0.25) is 0 Å². The molecule has 0 aliphatic heterocycles. The molecule has 0 unspecified atom stereocenters. The van der Waals surface area contributed by atoms with Gasteiger partial charge >= 0.3 is 0 Å². The summed E-state index contributed by atoms with van der Waals surface area (Å²) < 4.78 is 10.7. The number of benzene rings is 1. The van der Waals surface area contributed by atoms with Gasteiger partial charge in [0.1, 0.15) is 23.4 Å². The SMILES string of the molecule is COc1ccc(C)cc1[C@@H](O)c1ccc(C)o1. The third-order valence-corrected chi connectivity index (χ3v) is 2.71. The average Bonchev–Trinajstić information content (AvgIpc) is 2.75. The zero-order chi connectivity index (χ0) is 12.4. The van der Waals surface area contributed by atoms with Crippen LogP contribution in [0.15, 0.2) is 34.7 Å². The molecule has 0 aliphatic rings. The van der Waals surface area contributed by atoms with Crippen molar-refractivity contribution in [3.63, 3.8) is 0 Å². The highest BCUT2D eigenvalue weighted by atomic mass is 16.5. The third-order valence-electron chi connectivity index (χ3n) is 2.71. The van der Waals surface area contributed by atoms with Crippen molar-refractivity contribution in [2.45, 2.75) is 20.0 Å². The minimum absolute atomic E-state index is 0.534. The second kappa shape index (κ2) is 4.63. The average molecular weight is 232 g/mol. The molecule has 1 heterocycles. The fourth-order valence-electron chi connectivity index (χ4n) is 1.82. The fraction of sp³-hybridized carbons (Fsp3) is 0.286. The van der Waals surface area contributed by atoms with Gasteiger partial charge in [-0.25, -0.2) is 0 Å². The number of ether oxygens (including phenoxy) is 1. The maximum Gasteiger partial charge on any atom is 0.140 e. The Morgan fingerprint density at radius 2 is 1.94 bits per heavy atom. The van der Waals surface area contributed by atoms with Crippen LogP contribution in [-0.4, -0.2) is 12.2 Å². The van der Waals surface area contributed by atoms with Gasteiger partial charge in [0.15, 0.2) is 0 Å². The summed E-state index contributed by atoms with van der Waals surface area (Å²) >= 11 is 0. The molecule has 0 bridgehead atoms. The standard InChI is InChI=1S/C14H16O3/c1-9-4-6-12(16-3)11(8-9)14(15)13-7-5-10(2)17-13/h4-8,14-15H,1-3H3/t14-/m1/s1. The maximum absolute atomic E-state index is 10.3. The molecule has 17 heavy (non-hydrogen) atoms. The molecule has 2 rings (SSSR count). The summed E-state index contributed by atoms with van der Waals surface area (Å²) in [6.45, 7) is 3.83. The summed E-state index contributed by atoms with van der Waals surface area (Å²) in [4.78, 5) is 0. The first-order chi connectivity index (χ1) is 8.11. The van der Waals surface area contributed by atoms with Crippen molar-refractivity contribution in [3.05, 3.63) is 53.0 Å². The van der Waals surface area contributed by atoms with Crippen LogP contribution in [0.25, 0.3) is 0 Å². The predicted octanol–water partition coefficient (Wildman–Crippen LogP) is 2.99. The first kappa shape index (κ1) is 11.7. The van der Waals surface area contributed by atoms with Crippen LogP contribution in [0, 0.1) is 13.8 Å². The van der Waals surface area contributed by atoms with Crippen molar-refractivity contribution < 1.29 is 14.3 Å². The van der Waals surface area contributed by atoms with Gasteiger partial charge in [0.05, 0.1) is 7.11 Å². The number of hydrogen-bond donors (Lipinski definition) is 1. The summed E-state index contributed by atoms with van der Waals surface area (Å²) in [7, 11) is 1.59. The largest absolute Gasteiger partial charge is 0.496 e. The molecule has 90 valence electrons. The smallest absolute Gasteiger partial charge is 0.140 e. The van der Waals surface area contributed by atoms with Gasteiger partial charge in [-0.2, -0.15) is 0 Å². The molecule has 0 saturated heterocycles. The minimum Gasteiger partial charge on any atom is -0.496 e. The molecule has 0 radical (unpaired) electrons. The summed E-state index contributed by atoms with van der Waals surface area (Å²) in [5, 5.41) is 10.3. The van der Waals surface area contributed by atoms with Gasteiger partial charge in [-0.15, -0.1) is 0 Å². The Kier molecular flexibility index (Phi) is 3.20. The highest BCUT2D eigenvalue weighted by Crippen LogP contribution is 2.31. The summed E-state index contributed by atoms with van der Waals surface area (Å²) in [5.41, 5.74) is 1.80. The van der Waals surface area contributed by atoms with Crippen molar-refractivity contribution >= 4 is 0 Å². The van der Waals surface area contributed by atoms with Gasteiger partial charge in [0, 0.05) is 5.56 Å². The molecule has 0 saturated carbocycles. The van der Waals surface area contributed by atoms with Crippen LogP contribution in [0.4, 0.5) is 0 Å². The van der Waals surface area contributed by atoms with Gasteiger partial charge in [-0.05, 0) is 38.1 Å². The van der Waals surface area contributed by atoms with E-state index in [0.717, 1.165) is 16.9 Å². The summed E-state index contributed by atoms with van der Waals surface area (Å²) in [6.07, 6.45) is -0.793. The van der Waals surface area contributed by atoms with Crippen LogP contribution in [0.3, 0.4) is 0 Å². The number of furan rings is 1. The number of aryl methyl sites for hydroxylation is 2. The zero-order valence-corrected chi connectivity index (χ0v) is 10.2. The van der Waals surface area contributed by atoms with E-state index in [1.54, 1.807) is 13.2 Å². The Labute approximate surface area is 101 Å². The first-order valence-corrected chi connectivity index (χ1v) is 5.50. The Balaban J connectivity index is 2.42. The predicted molar refractivity (Wildman–Crippen MR) is 65.2 cm³/mol. The highest BCUT2D eigenvalue weighted by Gasteiger charge is 2.18. The Morgan fingerprint density at radius 3 is 2.53 bits per heavy atom. The lowest BCUT2D eigenvalue weighted by Gasteiger charge is -2.13. The van der Waals surface area contributed by atoms with Gasteiger partial charge in [0.25, 0.3) is 0 Å². The topological polar surface area (TPSA) is 42.6 Å². The fourth-order valence-corrected chi connectivity index (χ4v) is 1.82. The monoisotopic (exact) mass is 232 g/mol. The molecule has 2 aromatic rings. The van der Waals surface area contributed by atoms with Crippen LogP contribution in [0.1, 0.15) is 28.8 Å². The second-order valence-corrected chi connectivity index (χ2v) is 4.10. The Bertz CT molecular complexity index is 514. The number of rotatable bonds is 3. The van der Waals surface area contributed by atoms with Crippen LogP contribution in [0.2, 0.25) is 0 Å². The third kappa shape index (κ3) is 2.34. The molecular weight excluding hydrogens is 216 g/mol. The molecule has 1 aromatic carbocycles. The molecular formula is C14H16O3. The van der Waals surface area contributed by atoms with Crippen LogP contribution >= 0.6 is 0 Å². The van der Waals surface area contributed by atoms with E-state index in [-0.39, 0.29) is 0 Å². The highest BCUT2D eigenvalue weighted by molar-refractivity contribution is 5.41. The zero-order valence-electron chi connectivity index (χ0n) is 10.2. The quantitative estimate of drug-likeness (QED) is 0.884. The number of aliphatic hydroxyl groups excluding tert-OH is 1. The lowest BCUT2D eigenvalue weighted by atomic mass is 10.0. The number of aliphatic hydroxyl groups is 1. The first-order valence-electron chi connectivity index (χ1n) is 5.50. The van der Waals surface area contributed by atoms with E-state index in [4.69, 9.17) is 9.15 Å². The Morgan fingerprint density at radius 1 is 1.18 bits per heavy atom. The van der Waals surface area contributed by atoms with Crippen molar-refractivity contribution in [1.82, 2.24) is 0 Å². The van der Waals surface area contributed by atoms with E-state index in [1.807, 2.05) is 38.1 Å². The molecule has 0 amide bonds. The van der Waals surface area contributed by atoms with Crippen molar-refractivity contribution in [1.29, 1.82) is 0 Å². The molecule has 1 atom stereocenters. The number of methoxy groups -OCH3 is 1. The summed E-state index contributed by atoms with van der Waals surface area (Å²) in [5.74, 6) is 1.98. The van der Waals surface area contributed by atoms with E-state index in [9.17, 15) is 5.11 Å². The van der Waals surface area contributed by atoms with E-state index in [0.29, 0.717) is 11.5 Å². The molecule has 3 nitrogen and oxygen atoms in total. The Hall–Kier alpha value is -1.74. The summed E-state index contributed by atoms with van der Waals surface area (Å²) in [6, 6.07) is 9.32. The van der Waals surface area contributed by atoms with Crippen LogP contribution < -0.4 is 4.74 Å². The van der Waals surface area contributed by atoms with E-state index < -0.39 is 6.10 Å². The number of hydrogen-bond acceptors (Lipinski definition) is 3. The lowest BCUT2D eigenvalue weighted by molar-refractivity contribution is 0.183. The molecule has 1 aromatic heterocycles. The van der Waals surface area contributed by atoms with Crippen molar-refractivity contribution in [2.75, 3.05) is 7.11 Å². The molecule has 0 aliphatic carbocycles. The normalized spacial score (nSPS) is 12.5. The van der Waals surface area contributed by atoms with E-state index in [1.165, 1.54) is 0 Å². The van der Waals surface area contributed by atoms with Gasteiger partial charge in [-0.3, -0.25) is 0 Å². The van der Waals surface area contributed by atoms with Gasteiger partial charge < -0.3 is 14.3 Å². The van der Waals surface area contributed by atoms with Crippen molar-refractivity contribution in [3.8, 4) is 5.75 Å². The lowest BCUT2D eigenvalue weighted by Crippen LogP contribution is -2.01. The molecule has 0 spiro atoms. The molecule has 0 fully saturated rings. The second-order valence-electron chi connectivity index (χ2n) is 4.10. The van der Waals surface area contributed by atoms with E-state index >= 15 is 0 Å². The van der Waals surface area contributed by atoms with Gasteiger partial charge in [-0.1, -0.05) is 11.6 Å².